The fourth-order valence-corrected chi connectivity index (χ4v) is 3.16. The maximum absolute atomic E-state index is 12.8. The van der Waals surface area contributed by atoms with E-state index in [1.54, 1.807) is 6.07 Å². The van der Waals surface area contributed by atoms with Crippen molar-refractivity contribution in [1.29, 1.82) is 0 Å². The molecular weight excluding hydrogens is 264 g/mol. The largest absolute Gasteiger partial charge is 0.508 e. The number of nitrogens with one attached hydrogen (secondary N) is 2. The number of carbonyl (C=O) groups excluding carboxylic acids is 1. The Morgan fingerprint density at radius 2 is 2.14 bits per heavy atom. The summed E-state index contributed by atoms with van der Waals surface area (Å²) in [5.41, 5.74) is 2.17. The normalized spacial score (nSPS) is 22.0. The van der Waals surface area contributed by atoms with E-state index in [0.29, 0.717) is 0 Å². The van der Waals surface area contributed by atoms with Gasteiger partial charge >= 0.3 is 0 Å². The lowest BCUT2D eigenvalue weighted by Crippen LogP contribution is -2.48. The predicted octanol–water partition coefficient (Wildman–Crippen LogP) is 3.12. The van der Waals surface area contributed by atoms with Crippen LogP contribution in [-0.4, -0.2) is 24.1 Å². The summed E-state index contributed by atoms with van der Waals surface area (Å²) >= 11 is 0. The lowest BCUT2D eigenvalue weighted by molar-refractivity contribution is -0.127. The van der Waals surface area contributed by atoms with E-state index >= 15 is 0 Å². The molecule has 0 bridgehead atoms. The van der Waals surface area contributed by atoms with Crippen molar-refractivity contribution >= 4 is 11.6 Å². The second-order valence-corrected chi connectivity index (χ2v) is 6.22. The number of hydrogen-bond donors (Lipinski definition) is 3. The molecule has 3 N–H and O–H groups in total. The first-order valence-electron chi connectivity index (χ1n) is 7.81. The van der Waals surface area contributed by atoms with Gasteiger partial charge in [0.25, 0.3) is 0 Å². The Bertz CT molecular complexity index is 514. The van der Waals surface area contributed by atoms with E-state index in [0.717, 1.165) is 55.6 Å². The number of phenols is 1. The molecule has 2 rings (SSSR count). The first-order chi connectivity index (χ1) is 9.98. The minimum absolute atomic E-state index is 0.102. The zero-order chi connectivity index (χ0) is 15.5. The summed E-state index contributed by atoms with van der Waals surface area (Å²) < 4.78 is 0. The van der Waals surface area contributed by atoms with E-state index in [2.05, 4.69) is 17.6 Å². The molecule has 21 heavy (non-hydrogen) atoms. The topological polar surface area (TPSA) is 61.4 Å². The number of rotatable bonds is 4. The zero-order valence-electron chi connectivity index (χ0n) is 13.3. The molecule has 1 atom stereocenters. The number of anilines is 1. The Morgan fingerprint density at radius 1 is 1.38 bits per heavy atom. The van der Waals surface area contributed by atoms with Crippen molar-refractivity contribution in [2.45, 2.75) is 46.5 Å². The lowest BCUT2D eigenvalue weighted by Gasteiger charge is -2.36. The molecule has 0 radical (unpaired) electrons. The minimum Gasteiger partial charge on any atom is -0.508 e. The third kappa shape index (κ3) is 3.38. The maximum Gasteiger partial charge on any atom is 0.231 e. The molecule has 1 aromatic carbocycles. The Hall–Kier alpha value is -1.55. The van der Waals surface area contributed by atoms with Crippen LogP contribution in [-0.2, 0) is 4.79 Å². The van der Waals surface area contributed by atoms with Crippen LogP contribution in [0.1, 0.15) is 43.7 Å². The van der Waals surface area contributed by atoms with Crippen LogP contribution >= 0.6 is 0 Å². The smallest absolute Gasteiger partial charge is 0.231 e. The summed E-state index contributed by atoms with van der Waals surface area (Å²) in [6, 6.07) is 3.55. The maximum atomic E-state index is 12.8. The van der Waals surface area contributed by atoms with Gasteiger partial charge in [-0.2, -0.15) is 0 Å². The molecule has 1 aliphatic heterocycles. The molecule has 116 valence electrons. The highest BCUT2D eigenvalue weighted by molar-refractivity contribution is 5.96. The molecule has 0 aliphatic carbocycles. The van der Waals surface area contributed by atoms with Crippen LogP contribution in [0.3, 0.4) is 0 Å². The van der Waals surface area contributed by atoms with E-state index in [1.807, 2.05) is 19.9 Å². The highest BCUT2D eigenvalue weighted by Gasteiger charge is 2.38. The molecule has 1 aliphatic rings. The predicted molar refractivity (Wildman–Crippen MR) is 85.7 cm³/mol. The van der Waals surface area contributed by atoms with E-state index in [4.69, 9.17) is 0 Å². The Morgan fingerprint density at radius 3 is 2.76 bits per heavy atom. The zero-order valence-corrected chi connectivity index (χ0v) is 13.3. The molecular formula is C17H26N2O2. The number of carbonyl (C=O) groups is 1. The molecule has 1 fully saturated rings. The third-order valence-electron chi connectivity index (χ3n) is 4.47. The Balaban J connectivity index is 2.21. The van der Waals surface area contributed by atoms with Crippen molar-refractivity contribution in [3.63, 3.8) is 0 Å². The van der Waals surface area contributed by atoms with E-state index in [9.17, 15) is 9.90 Å². The molecule has 1 saturated heterocycles. The van der Waals surface area contributed by atoms with Gasteiger partial charge < -0.3 is 15.7 Å². The molecule has 0 spiro atoms. The van der Waals surface area contributed by atoms with Crippen molar-refractivity contribution < 1.29 is 9.90 Å². The number of aryl methyl sites for hydroxylation is 2. The number of amides is 1. The van der Waals surface area contributed by atoms with Gasteiger partial charge in [0.2, 0.25) is 5.91 Å². The molecule has 0 saturated carbocycles. The van der Waals surface area contributed by atoms with Crippen molar-refractivity contribution in [2.24, 2.45) is 5.41 Å². The number of benzene rings is 1. The van der Waals surface area contributed by atoms with Crippen LogP contribution in [0.4, 0.5) is 5.69 Å². The number of piperidine rings is 1. The van der Waals surface area contributed by atoms with Crippen LogP contribution < -0.4 is 10.6 Å². The third-order valence-corrected chi connectivity index (χ3v) is 4.47. The fourth-order valence-electron chi connectivity index (χ4n) is 3.16. The Kier molecular flexibility index (Phi) is 4.88. The van der Waals surface area contributed by atoms with Gasteiger partial charge in [0, 0.05) is 12.2 Å². The summed E-state index contributed by atoms with van der Waals surface area (Å²) in [5, 5.41) is 16.2. The van der Waals surface area contributed by atoms with Crippen LogP contribution in [0.5, 0.6) is 5.75 Å². The molecule has 4 heteroatoms. The van der Waals surface area contributed by atoms with Gasteiger partial charge in [-0.25, -0.2) is 0 Å². The van der Waals surface area contributed by atoms with Gasteiger partial charge in [-0.05, 0) is 62.9 Å². The number of phenolic OH excluding ortho intramolecular Hbond substituents is 1. The van der Waals surface area contributed by atoms with Crippen molar-refractivity contribution in [3.05, 3.63) is 23.3 Å². The lowest BCUT2D eigenvalue weighted by atomic mass is 9.76. The van der Waals surface area contributed by atoms with Crippen molar-refractivity contribution in [2.75, 3.05) is 18.4 Å². The Labute approximate surface area is 126 Å². The summed E-state index contributed by atoms with van der Waals surface area (Å²) in [5.74, 6) is 0.373. The molecule has 4 nitrogen and oxygen atoms in total. The summed E-state index contributed by atoms with van der Waals surface area (Å²) in [7, 11) is 0. The number of hydrogen-bond acceptors (Lipinski definition) is 3. The highest BCUT2D eigenvalue weighted by Crippen LogP contribution is 2.34. The number of aromatic hydroxyl groups is 1. The summed E-state index contributed by atoms with van der Waals surface area (Å²) in [4.78, 5) is 12.8. The first-order valence-corrected chi connectivity index (χ1v) is 7.81. The summed E-state index contributed by atoms with van der Waals surface area (Å²) in [6.45, 7) is 7.62. The van der Waals surface area contributed by atoms with Crippen molar-refractivity contribution in [3.8, 4) is 5.75 Å². The van der Waals surface area contributed by atoms with Gasteiger partial charge in [0.05, 0.1) is 5.41 Å². The van der Waals surface area contributed by atoms with E-state index < -0.39 is 0 Å². The van der Waals surface area contributed by atoms with Crippen LogP contribution in [0, 0.1) is 19.3 Å². The second kappa shape index (κ2) is 6.48. The van der Waals surface area contributed by atoms with Gasteiger partial charge in [0.15, 0.2) is 0 Å². The van der Waals surface area contributed by atoms with Crippen LogP contribution in [0.25, 0.3) is 0 Å². The molecule has 1 aromatic rings. The molecule has 1 amide bonds. The van der Waals surface area contributed by atoms with Gasteiger partial charge in [-0.3, -0.25) is 4.79 Å². The minimum atomic E-state index is -0.300. The van der Waals surface area contributed by atoms with Crippen LogP contribution in [0.2, 0.25) is 0 Å². The average Bonchev–Trinajstić information content (AvgIpc) is 2.46. The highest BCUT2D eigenvalue weighted by atomic mass is 16.3. The SMILES string of the molecule is CCCC1(C(=O)Nc2cc(C)c(O)cc2C)CCCNC1. The van der Waals surface area contributed by atoms with Gasteiger partial charge in [-0.1, -0.05) is 13.3 Å². The standard InChI is InChI=1S/C17H26N2O2/c1-4-6-17(7-5-8-18-11-17)16(21)19-14-9-13(3)15(20)10-12(14)2/h9-10,18,20H,4-8,11H2,1-3H3,(H,19,21). The monoisotopic (exact) mass is 290 g/mol. The summed E-state index contributed by atoms with van der Waals surface area (Å²) in [6.07, 6.45) is 3.89. The van der Waals surface area contributed by atoms with Crippen LogP contribution in [0.15, 0.2) is 12.1 Å². The average molecular weight is 290 g/mol. The fraction of sp³-hybridized carbons (Fsp3) is 0.588. The van der Waals surface area contributed by atoms with E-state index in [-0.39, 0.29) is 17.1 Å². The molecule has 1 unspecified atom stereocenters. The van der Waals surface area contributed by atoms with Gasteiger partial charge in [-0.15, -0.1) is 0 Å². The van der Waals surface area contributed by atoms with Gasteiger partial charge in [0.1, 0.15) is 5.75 Å². The first kappa shape index (κ1) is 15.8. The second-order valence-electron chi connectivity index (χ2n) is 6.22. The quantitative estimate of drug-likeness (QED) is 0.747. The van der Waals surface area contributed by atoms with E-state index in [1.165, 1.54) is 0 Å². The molecule has 1 heterocycles. The molecule has 0 aromatic heterocycles. The van der Waals surface area contributed by atoms with Crippen molar-refractivity contribution in [1.82, 2.24) is 5.32 Å².